The van der Waals surface area contributed by atoms with Gasteiger partial charge in [0, 0.05) is 0 Å². The lowest BCUT2D eigenvalue weighted by molar-refractivity contribution is 0.413. The highest BCUT2D eigenvalue weighted by Crippen LogP contribution is 2.22. The van der Waals surface area contributed by atoms with Gasteiger partial charge in [-0.25, -0.2) is 0 Å². The number of hydrogen-bond donors (Lipinski definition) is 0. The Morgan fingerprint density at radius 3 is 1.55 bits per heavy atom. The highest BCUT2D eigenvalue weighted by atomic mass is 32.2. The summed E-state index contributed by atoms with van der Waals surface area (Å²) in [4.78, 5) is 0.0640. The summed E-state index contributed by atoms with van der Waals surface area (Å²) in [6.07, 6.45) is 0. The molecule has 0 heterocycles. The third-order valence-electron chi connectivity index (χ3n) is 2.61. The average molecular weight is 294 g/mol. The highest BCUT2D eigenvalue weighted by molar-refractivity contribution is 7.87. The molecule has 0 radical (unpaired) electrons. The van der Waals surface area contributed by atoms with Crippen LogP contribution in [0.1, 0.15) is 0 Å². The van der Waals surface area contributed by atoms with Crippen molar-refractivity contribution < 1.29 is 22.1 Å². The van der Waals surface area contributed by atoms with Gasteiger partial charge in [0.15, 0.2) is 0 Å². The van der Waals surface area contributed by atoms with Gasteiger partial charge in [-0.1, -0.05) is 0 Å². The molecule has 0 atom stereocenters. The summed E-state index contributed by atoms with van der Waals surface area (Å²) in [5.41, 5.74) is 0. The number of methoxy groups -OCH3 is 2. The van der Waals surface area contributed by atoms with Crippen molar-refractivity contribution in [2.45, 2.75) is 4.90 Å². The lowest BCUT2D eigenvalue weighted by atomic mass is 10.3. The molecule has 0 fully saturated rings. The first-order valence-corrected chi connectivity index (χ1v) is 7.18. The molecule has 0 aliphatic heterocycles. The van der Waals surface area contributed by atoms with Crippen molar-refractivity contribution in [3.05, 3.63) is 48.5 Å². The topological polar surface area (TPSA) is 61.8 Å². The van der Waals surface area contributed by atoms with Crippen LogP contribution in [0.15, 0.2) is 53.4 Å². The lowest BCUT2D eigenvalue weighted by Gasteiger charge is -2.08. The van der Waals surface area contributed by atoms with E-state index in [1.807, 2.05) is 0 Å². The van der Waals surface area contributed by atoms with Crippen LogP contribution in [0.3, 0.4) is 0 Å². The molecule has 106 valence electrons. The molecule has 0 unspecified atom stereocenters. The fourth-order valence-electron chi connectivity index (χ4n) is 1.55. The Morgan fingerprint density at radius 2 is 1.10 bits per heavy atom. The Hall–Kier alpha value is -2.21. The minimum atomic E-state index is -3.85. The summed E-state index contributed by atoms with van der Waals surface area (Å²) in [5.74, 6) is 1.43. The van der Waals surface area contributed by atoms with E-state index in [1.54, 1.807) is 24.3 Å². The average Bonchev–Trinajstić information content (AvgIpc) is 2.48. The van der Waals surface area contributed by atoms with Gasteiger partial charge < -0.3 is 13.7 Å². The Labute approximate surface area is 117 Å². The van der Waals surface area contributed by atoms with Gasteiger partial charge in [-0.05, 0) is 48.5 Å². The molecule has 0 spiro atoms. The maximum absolute atomic E-state index is 12.1. The van der Waals surface area contributed by atoms with Gasteiger partial charge in [-0.2, -0.15) is 8.42 Å². The van der Waals surface area contributed by atoms with Crippen molar-refractivity contribution in [1.29, 1.82) is 0 Å². The zero-order valence-corrected chi connectivity index (χ0v) is 11.9. The minimum absolute atomic E-state index is 0.0640. The lowest BCUT2D eigenvalue weighted by Crippen LogP contribution is -2.09. The van der Waals surface area contributed by atoms with Crippen LogP contribution in [-0.2, 0) is 10.1 Å². The smallest absolute Gasteiger partial charge is 0.339 e. The van der Waals surface area contributed by atoms with E-state index in [-0.39, 0.29) is 10.6 Å². The Kier molecular flexibility index (Phi) is 4.14. The molecule has 0 amide bonds. The van der Waals surface area contributed by atoms with Crippen molar-refractivity contribution in [2.75, 3.05) is 14.2 Å². The van der Waals surface area contributed by atoms with Crippen molar-refractivity contribution in [2.24, 2.45) is 0 Å². The number of benzene rings is 2. The second-order valence-corrected chi connectivity index (χ2v) is 5.43. The first-order valence-electron chi connectivity index (χ1n) is 5.78. The number of hydrogen-bond acceptors (Lipinski definition) is 5. The number of rotatable bonds is 5. The predicted octanol–water partition coefficient (Wildman–Crippen LogP) is 2.47. The summed E-state index contributed by atoms with van der Waals surface area (Å²) in [5, 5.41) is 0. The molecule has 0 aromatic heterocycles. The molecule has 20 heavy (non-hydrogen) atoms. The van der Waals surface area contributed by atoms with E-state index in [0.717, 1.165) is 0 Å². The van der Waals surface area contributed by atoms with Gasteiger partial charge in [0.1, 0.15) is 22.1 Å². The first kappa shape index (κ1) is 14.2. The minimum Gasteiger partial charge on any atom is -0.497 e. The van der Waals surface area contributed by atoms with Gasteiger partial charge in [-0.3, -0.25) is 0 Å². The molecular formula is C14H14O5S. The monoisotopic (exact) mass is 294 g/mol. The summed E-state index contributed by atoms with van der Waals surface area (Å²) in [6, 6.07) is 12.3. The van der Waals surface area contributed by atoms with Crippen LogP contribution >= 0.6 is 0 Å². The highest BCUT2D eigenvalue weighted by Gasteiger charge is 2.16. The molecule has 2 aromatic carbocycles. The number of ether oxygens (including phenoxy) is 2. The van der Waals surface area contributed by atoms with E-state index in [4.69, 9.17) is 13.7 Å². The SMILES string of the molecule is COc1ccc(OS(=O)(=O)c2ccc(OC)cc2)cc1. The van der Waals surface area contributed by atoms with Crippen molar-refractivity contribution in [3.8, 4) is 17.2 Å². The molecule has 0 aliphatic carbocycles. The zero-order chi connectivity index (χ0) is 14.6. The fraction of sp³-hybridized carbons (Fsp3) is 0.143. The standard InChI is InChI=1S/C14H14O5S/c1-17-11-3-5-13(6-4-11)19-20(15,16)14-9-7-12(18-2)8-10-14/h3-10H,1-2H3. The summed E-state index contributed by atoms with van der Waals surface area (Å²) < 4.78 is 39.1. The molecule has 2 aromatic rings. The normalized spacial score (nSPS) is 10.9. The molecule has 0 N–H and O–H groups in total. The molecule has 6 heteroatoms. The van der Waals surface area contributed by atoms with Gasteiger partial charge in [0.2, 0.25) is 0 Å². The van der Waals surface area contributed by atoms with Crippen LogP contribution in [0.25, 0.3) is 0 Å². The third kappa shape index (κ3) is 3.21. The van der Waals surface area contributed by atoms with Gasteiger partial charge in [0.05, 0.1) is 14.2 Å². The van der Waals surface area contributed by atoms with Crippen LogP contribution < -0.4 is 13.7 Å². The molecule has 5 nitrogen and oxygen atoms in total. The van der Waals surface area contributed by atoms with Crippen LogP contribution in [0.2, 0.25) is 0 Å². The maximum Gasteiger partial charge on any atom is 0.339 e. The predicted molar refractivity (Wildman–Crippen MR) is 73.8 cm³/mol. The zero-order valence-electron chi connectivity index (χ0n) is 11.1. The summed E-state index contributed by atoms with van der Waals surface area (Å²) in [6.45, 7) is 0. The summed E-state index contributed by atoms with van der Waals surface area (Å²) in [7, 11) is -0.811. The van der Waals surface area contributed by atoms with Crippen LogP contribution in [0, 0.1) is 0 Å². The van der Waals surface area contributed by atoms with Gasteiger partial charge in [0.25, 0.3) is 0 Å². The van der Waals surface area contributed by atoms with E-state index in [0.29, 0.717) is 11.5 Å². The second-order valence-electron chi connectivity index (χ2n) is 3.89. The molecular weight excluding hydrogens is 280 g/mol. The van der Waals surface area contributed by atoms with E-state index in [9.17, 15) is 8.42 Å². The first-order chi connectivity index (χ1) is 9.55. The molecule has 2 rings (SSSR count). The maximum atomic E-state index is 12.1. The van der Waals surface area contributed by atoms with Crippen LogP contribution in [0.4, 0.5) is 0 Å². The van der Waals surface area contributed by atoms with E-state index >= 15 is 0 Å². The van der Waals surface area contributed by atoms with Crippen molar-refractivity contribution in [1.82, 2.24) is 0 Å². The largest absolute Gasteiger partial charge is 0.497 e. The Bertz CT molecular complexity index is 660. The third-order valence-corrected chi connectivity index (χ3v) is 3.87. The van der Waals surface area contributed by atoms with Crippen molar-refractivity contribution in [3.63, 3.8) is 0 Å². The molecule has 0 bridgehead atoms. The Balaban J connectivity index is 2.20. The summed E-state index contributed by atoms with van der Waals surface area (Å²) >= 11 is 0. The van der Waals surface area contributed by atoms with Crippen LogP contribution in [-0.4, -0.2) is 22.6 Å². The molecule has 0 saturated heterocycles. The van der Waals surface area contributed by atoms with Gasteiger partial charge >= 0.3 is 10.1 Å². The molecule has 0 saturated carbocycles. The van der Waals surface area contributed by atoms with E-state index in [2.05, 4.69) is 0 Å². The van der Waals surface area contributed by atoms with Crippen molar-refractivity contribution >= 4 is 10.1 Å². The van der Waals surface area contributed by atoms with Gasteiger partial charge in [-0.15, -0.1) is 0 Å². The second kappa shape index (κ2) is 5.83. The quantitative estimate of drug-likeness (QED) is 0.793. The Morgan fingerprint density at radius 1 is 0.700 bits per heavy atom. The van der Waals surface area contributed by atoms with E-state index < -0.39 is 10.1 Å². The fourth-order valence-corrected chi connectivity index (χ4v) is 2.48. The van der Waals surface area contributed by atoms with E-state index in [1.165, 1.54) is 38.5 Å². The van der Waals surface area contributed by atoms with Crippen LogP contribution in [0.5, 0.6) is 17.2 Å². The molecule has 0 aliphatic rings.